The average molecular weight is 277 g/mol. The number of carbonyl (C=O) groups is 1. The summed E-state index contributed by atoms with van der Waals surface area (Å²) in [7, 11) is 0. The summed E-state index contributed by atoms with van der Waals surface area (Å²) in [6.45, 7) is 0.431. The standard InChI is InChI=1S/C14H13ClN2O2/c15-7-10-1-3-11(4-2-10)8-17-14(19)12-5-6-13(18)16-9-12/h1-6,9H,7-8H2,(H,16,18)(H,17,19). The minimum Gasteiger partial charge on any atom is -0.348 e. The maximum absolute atomic E-state index is 11.8. The molecule has 0 aliphatic heterocycles. The Labute approximate surface area is 115 Å². The molecule has 2 aromatic rings. The van der Waals surface area contributed by atoms with Crippen molar-refractivity contribution in [3.8, 4) is 0 Å². The van der Waals surface area contributed by atoms with Crippen LogP contribution in [0.4, 0.5) is 0 Å². The van der Waals surface area contributed by atoms with Gasteiger partial charge in [-0.15, -0.1) is 11.6 Å². The molecule has 0 saturated carbocycles. The zero-order chi connectivity index (χ0) is 13.7. The number of pyridine rings is 1. The number of hydrogen-bond acceptors (Lipinski definition) is 2. The molecule has 98 valence electrons. The number of aromatic amines is 1. The highest BCUT2D eigenvalue weighted by atomic mass is 35.5. The lowest BCUT2D eigenvalue weighted by Crippen LogP contribution is -2.23. The molecule has 0 bridgehead atoms. The fourth-order valence-electron chi connectivity index (χ4n) is 1.58. The number of rotatable bonds is 4. The predicted molar refractivity (Wildman–Crippen MR) is 74.2 cm³/mol. The Kier molecular flexibility index (Phi) is 4.36. The number of amides is 1. The molecule has 1 amide bonds. The van der Waals surface area contributed by atoms with Crippen LogP contribution in [-0.2, 0) is 12.4 Å². The van der Waals surface area contributed by atoms with Crippen LogP contribution >= 0.6 is 11.6 Å². The Hall–Kier alpha value is -2.07. The number of nitrogens with one attached hydrogen (secondary N) is 2. The molecule has 19 heavy (non-hydrogen) atoms. The highest BCUT2D eigenvalue weighted by Gasteiger charge is 2.04. The molecule has 5 heteroatoms. The van der Waals surface area contributed by atoms with Gasteiger partial charge < -0.3 is 10.3 Å². The highest BCUT2D eigenvalue weighted by Crippen LogP contribution is 2.06. The van der Waals surface area contributed by atoms with E-state index in [1.54, 1.807) is 0 Å². The second kappa shape index (κ2) is 6.20. The minimum absolute atomic E-state index is 0.224. The molecular formula is C14H13ClN2O2. The summed E-state index contributed by atoms with van der Waals surface area (Å²) < 4.78 is 0. The second-order valence-electron chi connectivity index (χ2n) is 4.07. The maximum Gasteiger partial charge on any atom is 0.253 e. The number of hydrogen-bond donors (Lipinski definition) is 2. The van der Waals surface area contributed by atoms with Crippen LogP contribution in [0.5, 0.6) is 0 Å². The molecule has 0 aliphatic carbocycles. The van der Waals surface area contributed by atoms with E-state index in [2.05, 4.69) is 10.3 Å². The molecule has 0 saturated heterocycles. The molecule has 1 heterocycles. The summed E-state index contributed by atoms with van der Waals surface area (Å²) in [5.41, 5.74) is 2.23. The SMILES string of the molecule is O=C(NCc1ccc(CCl)cc1)c1ccc(=O)[nH]c1. The first kappa shape index (κ1) is 13.4. The first-order chi connectivity index (χ1) is 9.19. The third-order valence-corrected chi connectivity index (χ3v) is 2.99. The summed E-state index contributed by atoms with van der Waals surface area (Å²) in [6, 6.07) is 10.5. The van der Waals surface area contributed by atoms with Gasteiger partial charge in [-0.2, -0.15) is 0 Å². The monoisotopic (exact) mass is 276 g/mol. The Bertz CT molecular complexity index is 600. The summed E-state index contributed by atoms with van der Waals surface area (Å²) in [4.78, 5) is 25.1. The van der Waals surface area contributed by atoms with Crippen molar-refractivity contribution in [2.45, 2.75) is 12.4 Å². The van der Waals surface area contributed by atoms with E-state index < -0.39 is 0 Å². The van der Waals surface area contributed by atoms with Gasteiger partial charge in [-0.25, -0.2) is 0 Å². The van der Waals surface area contributed by atoms with Gasteiger partial charge in [0.25, 0.3) is 5.91 Å². The number of halogens is 1. The van der Waals surface area contributed by atoms with Gasteiger partial charge in [-0.05, 0) is 17.2 Å². The molecule has 1 aromatic heterocycles. The van der Waals surface area contributed by atoms with Gasteiger partial charge in [0.15, 0.2) is 0 Å². The van der Waals surface area contributed by atoms with Crippen LogP contribution in [-0.4, -0.2) is 10.9 Å². The molecule has 0 radical (unpaired) electrons. The highest BCUT2D eigenvalue weighted by molar-refractivity contribution is 6.17. The Morgan fingerprint density at radius 1 is 1.11 bits per heavy atom. The van der Waals surface area contributed by atoms with Crippen LogP contribution in [0, 0.1) is 0 Å². The van der Waals surface area contributed by atoms with E-state index in [0.29, 0.717) is 18.0 Å². The molecule has 0 unspecified atom stereocenters. The van der Waals surface area contributed by atoms with Crippen molar-refractivity contribution >= 4 is 17.5 Å². The van der Waals surface area contributed by atoms with Gasteiger partial charge in [0.05, 0.1) is 5.56 Å². The maximum atomic E-state index is 11.8. The van der Waals surface area contributed by atoms with Crippen LogP contribution in [0.25, 0.3) is 0 Å². The second-order valence-corrected chi connectivity index (χ2v) is 4.34. The van der Waals surface area contributed by atoms with E-state index in [9.17, 15) is 9.59 Å². The van der Waals surface area contributed by atoms with Crippen LogP contribution < -0.4 is 10.9 Å². The summed E-state index contributed by atoms with van der Waals surface area (Å²) in [5.74, 6) is 0.252. The van der Waals surface area contributed by atoms with Gasteiger partial charge in [-0.3, -0.25) is 9.59 Å². The quantitative estimate of drug-likeness (QED) is 0.840. The van der Waals surface area contributed by atoms with Gasteiger partial charge >= 0.3 is 0 Å². The van der Waals surface area contributed by atoms with Crippen LogP contribution in [0.2, 0.25) is 0 Å². The normalized spacial score (nSPS) is 10.2. The van der Waals surface area contributed by atoms with Crippen LogP contribution in [0.3, 0.4) is 0 Å². The molecule has 0 atom stereocenters. The number of alkyl halides is 1. The third-order valence-electron chi connectivity index (χ3n) is 2.68. The summed E-state index contributed by atoms with van der Waals surface area (Å²) in [5, 5.41) is 2.78. The molecule has 1 aromatic carbocycles. The molecular weight excluding hydrogens is 264 g/mol. The average Bonchev–Trinajstić information content (AvgIpc) is 2.46. The van der Waals surface area contributed by atoms with Gasteiger partial charge in [0.1, 0.15) is 0 Å². The fraction of sp³-hybridized carbons (Fsp3) is 0.143. The van der Waals surface area contributed by atoms with Gasteiger partial charge in [-0.1, -0.05) is 24.3 Å². The minimum atomic E-state index is -0.229. The fourth-order valence-corrected chi connectivity index (χ4v) is 1.76. The van der Waals surface area contributed by atoms with Gasteiger partial charge in [0, 0.05) is 24.7 Å². The third kappa shape index (κ3) is 3.69. The van der Waals surface area contributed by atoms with E-state index in [1.165, 1.54) is 18.3 Å². The molecule has 4 nitrogen and oxygen atoms in total. The lowest BCUT2D eigenvalue weighted by atomic mass is 10.1. The summed E-state index contributed by atoms with van der Waals surface area (Å²) >= 11 is 5.70. The van der Waals surface area contributed by atoms with Crippen molar-refractivity contribution < 1.29 is 4.79 Å². The van der Waals surface area contributed by atoms with Crippen molar-refractivity contribution in [2.24, 2.45) is 0 Å². The Morgan fingerprint density at radius 2 is 1.79 bits per heavy atom. The lowest BCUT2D eigenvalue weighted by molar-refractivity contribution is 0.0950. The summed E-state index contributed by atoms with van der Waals surface area (Å²) in [6.07, 6.45) is 1.40. The van der Waals surface area contributed by atoms with E-state index in [4.69, 9.17) is 11.6 Å². The van der Waals surface area contributed by atoms with Crippen molar-refractivity contribution in [1.82, 2.24) is 10.3 Å². The first-order valence-corrected chi connectivity index (χ1v) is 6.33. The van der Waals surface area contributed by atoms with E-state index >= 15 is 0 Å². The Morgan fingerprint density at radius 3 is 2.37 bits per heavy atom. The first-order valence-electron chi connectivity index (χ1n) is 5.80. The van der Waals surface area contributed by atoms with E-state index in [1.807, 2.05) is 24.3 Å². The molecule has 2 rings (SSSR count). The number of H-pyrrole nitrogens is 1. The zero-order valence-corrected chi connectivity index (χ0v) is 10.9. The topological polar surface area (TPSA) is 62.0 Å². The van der Waals surface area contributed by atoms with E-state index in [-0.39, 0.29) is 11.5 Å². The number of carbonyl (C=O) groups excluding carboxylic acids is 1. The predicted octanol–water partition coefficient (Wildman–Crippen LogP) is 2.04. The molecule has 0 fully saturated rings. The smallest absolute Gasteiger partial charge is 0.253 e. The van der Waals surface area contributed by atoms with Crippen molar-refractivity contribution in [3.05, 3.63) is 69.6 Å². The van der Waals surface area contributed by atoms with Crippen molar-refractivity contribution in [1.29, 1.82) is 0 Å². The van der Waals surface area contributed by atoms with Crippen molar-refractivity contribution in [2.75, 3.05) is 0 Å². The molecule has 0 spiro atoms. The molecule has 2 N–H and O–H groups in total. The Balaban J connectivity index is 1.96. The van der Waals surface area contributed by atoms with Crippen LogP contribution in [0.15, 0.2) is 47.4 Å². The molecule has 0 aliphatic rings. The van der Waals surface area contributed by atoms with E-state index in [0.717, 1.165) is 11.1 Å². The largest absolute Gasteiger partial charge is 0.348 e. The van der Waals surface area contributed by atoms with Crippen molar-refractivity contribution in [3.63, 3.8) is 0 Å². The van der Waals surface area contributed by atoms with Crippen LogP contribution in [0.1, 0.15) is 21.5 Å². The number of aromatic nitrogens is 1. The van der Waals surface area contributed by atoms with Gasteiger partial charge in [0.2, 0.25) is 5.56 Å². The lowest BCUT2D eigenvalue weighted by Gasteiger charge is -2.05. The zero-order valence-electron chi connectivity index (χ0n) is 10.2. The number of benzene rings is 1.